The van der Waals surface area contributed by atoms with Gasteiger partial charge in [0.25, 0.3) is 0 Å². The number of aliphatic hydroxyl groups is 1. The number of aliphatic hydroxyl groups excluding tert-OH is 1. The van der Waals surface area contributed by atoms with E-state index >= 15 is 0 Å². The van der Waals surface area contributed by atoms with Crippen molar-refractivity contribution in [1.82, 2.24) is 20.3 Å². The molecule has 2 N–H and O–H groups in total. The average Bonchev–Trinajstić information content (AvgIpc) is 3.76. The molecule has 236 valence electrons. The van der Waals surface area contributed by atoms with Gasteiger partial charge in [0.1, 0.15) is 11.7 Å². The molecule has 1 unspecified atom stereocenters. The van der Waals surface area contributed by atoms with E-state index < -0.39 is 17.9 Å². The second-order valence-corrected chi connectivity index (χ2v) is 12.2. The van der Waals surface area contributed by atoms with Gasteiger partial charge in [-0.3, -0.25) is 9.59 Å². The summed E-state index contributed by atoms with van der Waals surface area (Å²) >= 11 is 0. The van der Waals surface area contributed by atoms with E-state index in [2.05, 4.69) is 32.7 Å². The minimum atomic E-state index is -1.02. The molecule has 10 heteroatoms. The number of nitrogens with zero attached hydrogens (tertiary/aromatic N) is 3. The first-order chi connectivity index (χ1) is 21.5. The van der Waals surface area contributed by atoms with E-state index in [-0.39, 0.29) is 53.0 Å². The van der Waals surface area contributed by atoms with Crippen LogP contribution in [0.2, 0.25) is 0 Å². The second kappa shape index (κ2) is 12.7. The minimum Gasteiger partial charge on any atom is -0.657 e. The van der Waals surface area contributed by atoms with Gasteiger partial charge in [0, 0.05) is 23.3 Å². The molecule has 0 aromatic carbocycles. The molecule has 9 nitrogen and oxygen atoms in total. The Labute approximate surface area is 284 Å². The van der Waals surface area contributed by atoms with Crippen LogP contribution in [0.25, 0.3) is 35.6 Å². The van der Waals surface area contributed by atoms with Crippen molar-refractivity contribution in [1.29, 1.82) is 0 Å². The van der Waals surface area contributed by atoms with Crippen LogP contribution in [0.15, 0.2) is 12.3 Å². The number of ether oxygens (including phenoxy) is 2. The molecule has 46 heavy (non-hydrogen) atoms. The van der Waals surface area contributed by atoms with Gasteiger partial charge in [0.15, 0.2) is 0 Å². The molecule has 0 amide bonds. The van der Waals surface area contributed by atoms with Gasteiger partial charge in [0.05, 0.1) is 20.3 Å². The van der Waals surface area contributed by atoms with E-state index in [1.807, 2.05) is 38.2 Å². The Kier molecular flexibility index (Phi) is 9.25. The van der Waals surface area contributed by atoms with Crippen LogP contribution in [0.4, 0.5) is 0 Å². The van der Waals surface area contributed by atoms with Gasteiger partial charge >= 0.3 is 35.0 Å². The predicted octanol–water partition coefficient (Wildman–Crippen LogP) is 1.12. The number of carbonyl (C=O) groups is 2. The van der Waals surface area contributed by atoms with Crippen LogP contribution in [0, 0.1) is 38.5 Å². The molecule has 8 bridgehead atoms. The van der Waals surface area contributed by atoms with Gasteiger partial charge in [-0.05, 0) is 50.7 Å². The predicted molar refractivity (Wildman–Crippen MR) is 178 cm³/mol. The Morgan fingerprint density at radius 1 is 0.978 bits per heavy atom. The number of aromatic nitrogens is 3. The summed E-state index contributed by atoms with van der Waals surface area (Å²) in [5, 5.41) is 18.1. The molecule has 2 aliphatic heterocycles. The van der Waals surface area contributed by atoms with Crippen molar-refractivity contribution in [2.75, 3.05) is 14.2 Å². The number of carbonyl (C=O) groups excluding carboxylic acids is 2. The Hall–Kier alpha value is -3.89. The fraction of sp³-hybridized carbons (Fsp3) is 0.389. The fourth-order valence-electron chi connectivity index (χ4n) is 7.41. The van der Waals surface area contributed by atoms with Crippen LogP contribution in [-0.2, 0) is 25.5 Å². The van der Waals surface area contributed by atoms with Crippen LogP contribution >= 0.6 is 0 Å². The maximum atomic E-state index is 13.3. The van der Waals surface area contributed by atoms with Crippen molar-refractivity contribution in [3.63, 3.8) is 0 Å². The molecule has 4 atom stereocenters. The van der Waals surface area contributed by atoms with Crippen molar-refractivity contribution >= 4 is 70.6 Å². The maximum Gasteiger partial charge on any atom is 2.00 e. The molecule has 3 aliphatic rings. The van der Waals surface area contributed by atoms with Crippen molar-refractivity contribution in [2.45, 2.75) is 59.9 Å². The largest absolute Gasteiger partial charge is 2.00 e. The zero-order valence-electron chi connectivity index (χ0n) is 27.6. The first-order valence-electron chi connectivity index (χ1n) is 15.4. The molecule has 1 saturated heterocycles. The number of esters is 2. The van der Waals surface area contributed by atoms with Gasteiger partial charge in [-0.1, -0.05) is 67.0 Å². The number of allylic oxidation sites excluding steroid dienone is 1. The number of methoxy groups -OCH3 is 2. The number of nitrogens with one attached hydrogen (secondary N) is 1. The summed E-state index contributed by atoms with van der Waals surface area (Å²) in [4.78, 5) is 40.8. The second-order valence-electron chi connectivity index (χ2n) is 12.2. The standard InChI is InChI=1S/C36H39N4O5.Mg/c1-9-20-16(3)23-13-25-18(5)22(11-12-29(41)44-7)33(39-25)31-32(36(43)45-8)35(42)30-19(6)26(40-34(30)31)15-28-21(10-2)17(4)24(38-28)14-27(20)37-23;/h9,13-15,18,22,32-33,39,42H,1,10-12H2,2-8H3;/q-3;+2/b24-14-,25-13-,28-15-;/t18-,22-,32+,33?;/m0./s1. The molecule has 3 aromatic rings. The van der Waals surface area contributed by atoms with E-state index in [9.17, 15) is 14.7 Å². The molecule has 0 saturated carbocycles. The van der Waals surface area contributed by atoms with Crippen molar-refractivity contribution < 1.29 is 24.2 Å². The average molecular weight is 632 g/mol. The Morgan fingerprint density at radius 3 is 2.33 bits per heavy atom. The van der Waals surface area contributed by atoms with Crippen LogP contribution in [0.1, 0.15) is 71.6 Å². The van der Waals surface area contributed by atoms with Crippen molar-refractivity contribution in [3.05, 3.63) is 78.4 Å². The van der Waals surface area contributed by atoms with E-state index in [0.717, 1.165) is 62.0 Å². The van der Waals surface area contributed by atoms with Gasteiger partial charge in [0.2, 0.25) is 0 Å². The fourth-order valence-corrected chi connectivity index (χ4v) is 7.41. The molecule has 5 heterocycles. The molecule has 1 fully saturated rings. The SMILES string of the molecule is C=Cc1c2[n-]c(c1C)/C=C1\NC(C3=c4[n-]c(c(C)c4=C(O)[C@@H]3C(=O)OC)/C=c3\[n-]/c(c(C)c3CC)=C\2)[C@@H](CCC(=O)OC)[C@@H]1C.[Mg+2]. The molecule has 1 aliphatic carbocycles. The van der Waals surface area contributed by atoms with Crippen molar-refractivity contribution in [2.24, 2.45) is 17.8 Å². The quantitative estimate of drug-likeness (QED) is 0.304. The molecule has 3 aromatic heterocycles. The zero-order valence-corrected chi connectivity index (χ0v) is 29.0. The minimum absolute atomic E-state index is 0. The Morgan fingerprint density at radius 2 is 1.67 bits per heavy atom. The third kappa shape index (κ3) is 5.15. The van der Waals surface area contributed by atoms with Crippen LogP contribution in [0.5, 0.6) is 0 Å². The Balaban J connectivity index is 0.00000417. The molecular formula is C36H39MgN4O5-. The number of hydrogen-bond donors (Lipinski definition) is 2. The maximum absolute atomic E-state index is 13.3. The molecule has 0 radical (unpaired) electrons. The first kappa shape index (κ1) is 33.5. The summed E-state index contributed by atoms with van der Waals surface area (Å²) in [5.41, 5.74) is 8.74. The molecular weight excluding hydrogens is 593 g/mol. The number of hydrogen-bond acceptors (Lipinski definition) is 6. The summed E-state index contributed by atoms with van der Waals surface area (Å²) in [5.74, 6) is -2.12. The monoisotopic (exact) mass is 631 g/mol. The summed E-state index contributed by atoms with van der Waals surface area (Å²) in [7, 11) is 2.70. The zero-order chi connectivity index (χ0) is 32.3. The van der Waals surface area contributed by atoms with Gasteiger partial charge < -0.3 is 34.8 Å². The van der Waals surface area contributed by atoms with E-state index in [0.29, 0.717) is 28.3 Å². The smallest absolute Gasteiger partial charge is 0.657 e. The summed E-state index contributed by atoms with van der Waals surface area (Å²) in [6, 6.07) is -0.421. The van der Waals surface area contributed by atoms with Gasteiger partial charge in [-0.2, -0.15) is 0 Å². The first-order valence-corrected chi connectivity index (χ1v) is 15.4. The molecule has 0 spiro atoms. The van der Waals surface area contributed by atoms with Crippen LogP contribution < -0.4 is 41.5 Å². The van der Waals surface area contributed by atoms with E-state index in [1.165, 1.54) is 14.2 Å². The van der Waals surface area contributed by atoms with Crippen LogP contribution in [-0.4, -0.2) is 60.4 Å². The third-order valence-corrected chi connectivity index (χ3v) is 10.00. The number of rotatable bonds is 6. The topological polar surface area (TPSA) is 127 Å². The van der Waals surface area contributed by atoms with Crippen LogP contribution in [0.3, 0.4) is 0 Å². The summed E-state index contributed by atoms with van der Waals surface area (Å²) in [6.45, 7) is 14.3. The molecule has 6 rings (SSSR count). The summed E-state index contributed by atoms with van der Waals surface area (Å²) < 4.78 is 10.2. The third-order valence-electron chi connectivity index (χ3n) is 10.00. The van der Waals surface area contributed by atoms with Gasteiger partial charge in [-0.25, -0.2) is 0 Å². The van der Waals surface area contributed by atoms with E-state index in [1.54, 1.807) is 0 Å². The Bertz CT molecular complexity index is 2040. The van der Waals surface area contributed by atoms with E-state index in [4.69, 9.17) is 24.4 Å². The van der Waals surface area contributed by atoms with Crippen molar-refractivity contribution in [3.8, 4) is 0 Å². The normalized spacial score (nSPS) is 23.7. The number of fused-ring (bicyclic) bond motifs is 8. The summed E-state index contributed by atoms with van der Waals surface area (Å²) in [6.07, 6.45) is 9.35. The van der Waals surface area contributed by atoms with Gasteiger partial charge in [-0.15, -0.1) is 33.1 Å².